The lowest BCUT2D eigenvalue weighted by atomic mass is 9.79. The molecule has 0 fully saturated rings. The van der Waals surface area contributed by atoms with Gasteiger partial charge in [-0.3, -0.25) is 0 Å². The number of hydrogen-bond donors (Lipinski definition) is 1. The fraction of sp³-hybridized carbons (Fsp3) is 0.613. The summed E-state index contributed by atoms with van der Waals surface area (Å²) in [7, 11) is 1.79. The van der Waals surface area contributed by atoms with Crippen LogP contribution in [0, 0.1) is 0 Å². The maximum absolute atomic E-state index is 11.1. The van der Waals surface area contributed by atoms with Gasteiger partial charge in [-0.05, 0) is 52.8 Å². The molecule has 0 aromatic heterocycles. The van der Waals surface area contributed by atoms with E-state index in [4.69, 9.17) is 4.74 Å². The molecule has 1 N–H and O–H groups in total. The van der Waals surface area contributed by atoms with Crippen LogP contribution in [0.3, 0.4) is 0 Å². The molecular formula is C31H48O2S2. The van der Waals surface area contributed by atoms with Crippen LogP contribution in [0.4, 0.5) is 0 Å². The van der Waals surface area contributed by atoms with E-state index in [0.717, 1.165) is 16.9 Å². The highest BCUT2D eigenvalue weighted by Gasteiger charge is 2.29. The highest BCUT2D eigenvalue weighted by atomic mass is 32.2. The van der Waals surface area contributed by atoms with Gasteiger partial charge in [0.25, 0.3) is 0 Å². The molecule has 1 atom stereocenters. The number of benzene rings is 2. The van der Waals surface area contributed by atoms with Crippen molar-refractivity contribution in [2.45, 2.75) is 126 Å². The van der Waals surface area contributed by atoms with Crippen molar-refractivity contribution < 1.29 is 9.84 Å². The molecule has 35 heavy (non-hydrogen) atoms. The van der Waals surface area contributed by atoms with E-state index in [0.29, 0.717) is 10.3 Å². The van der Waals surface area contributed by atoms with Crippen LogP contribution in [0.15, 0.2) is 34.1 Å². The Kier molecular flexibility index (Phi) is 8.77. The monoisotopic (exact) mass is 516 g/mol. The normalized spacial score (nSPS) is 14.2. The molecule has 0 saturated heterocycles. The standard InChI is InChI=1S/C31H48O2S2/c1-19(34-20-15-22(28(2,3)4)26(32)23(16-20)29(5,6)7)35-21-17-24(30(8,9)10)27(33-14)25(18-21)31(11,12)13/h15-19,32H,1-14H3. The first-order chi connectivity index (χ1) is 15.7. The van der Waals surface area contributed by atoms with Crippen LogP contribution >= 0.6 is 23.5 Å². The number of ether oxygens (including phenoxy) is 1. The summed E-state index contributed by atoms with van der Waals surface area (Å²) in [5.74, 6) is 1.45. The van der Waals surface area contributed by atoms with Gasteiger partial charge in [-0.2, -0.15) is 0 Å². The zero-order valence-electron chi connectivity index (χ0n) is 24.6. The molecule has 2 aromatic rings. The Labute approximate surface area is 224 Å². The van der Waals surface area contributed by atoms with Crippen molar-refractivity contribution in [3.63, 3.8) is 0 Å². The Balaban J connectivity index is 2.51. The van der Waals surface area contributed by atoms with Crippen LogP contribution in [0.5, 0.6) is 11.5 Å². The molecule has 2 rings (SSSR count). The van der Waals surface area contributed by atoms with E-state index < -0.39 is 0 Å². The zero-order valence-corrected chi connectivity index (χ0v) is 26.2. The van der Waals surface area contributed by atoms with Gasteiger partial charge in [0.2, 0.25) is 0 Å². The molecule has 0 saturated carbocycles. The molecule has 2 nitrogen and oxygen atoms in total. The van der Waals surface area contributed by atoms with Crippen LogP contribution in [0.2, 0.25) is 0 Å². The molecule has 196 valence electrons. The average molecular weight is 517 g/mol. The van der Waals surface area contributed by atoms with Gasteiger partial charge in [-0.25, -0.2) is 0 Å². The van der Waals surface area contributed by atoms with E-state index >= 15 is 0 Å². The quantitative estimate of drug-likeness (QED) is 0.316. The van der Waals surface area contributed by atoms with E-state index in [2.05, 4.69) is 114 Å². The molecule has 0 radical (unpaired) electrons. The van der Waals surface area contributed by atoms with Crippen LogP contribution in [-0.2, 0) is 21.7 Å². The van der Waals surface area contributed by atoms with Gasteiger partial charge in [-0.15, -0.1) is 23.5 Å². The molecule has 0 aliphatic heterocycles. The molecule has 4 heteroatoms. The first kappa shape index (κ1) is 30.0. The minimum absolute atomic E-state index is 0.0154. The molecule has 0 aliphatic carbocycles. The van der Waals surface area contributed by atoms with Crippen molar-refractivity contribution in [3.05, 3.63) is 46.5 Å². The lowest BCUT2D eigenvalue weighted by Crippen LogP contribution is -2.19. The Bertz CT molecular complexity index is 972. The first-order valence-corrected chi connectivity index (χ1v) is 14.4. The molecule has 0 heterocycles. The second kappa shape index (κ2) is 10.2. The fourth-order valence-electron chi connectivity index (χ4n) is 4.23. The summed E-state index contributed by atoms with van der Waals surface area (Å²) in [6.45, 7) is 28.8. The highest BCUT2D eigenvalue weighted by molar-refractivity contribution is 8.17. The molecule has 0 amide bonds. The largest absolute Gasteiger partial charge is 0.507 e. The van der Waals surface area contributed by atoms with E-state index in [1.165, 1.54) is 20.9 Å². The summed E-state index contributed by atoms with van der Waals surface area (Å²) in [5, 5.41) is 11.1. The van der Waals surface area contributed by atoms with Gasteiger partial charge in [0.05, 0.1) is 11.7 Å². The van der Waals surface area contributed by atoms with Crippen LogP contribution in [0.25, 0.3) is 0 Å². The predicted molar refractivity (Wildman–Crippen MR) is 157 cm³/mol. The zero-order chi connectivity index (χ0) is 27.1. The number of aromatic hydroxyl groups is 1. The third-order valence-electron chi connectivity index (χ3n) is 6.19. The number of hydrogen-bond acceptors (Lipinski definition) is 4. The SMILES string of the molecule is COc1c(C(C)(C)C)cc(SC(C)Sc2cc(C(C)(C)C)c(O)c(C(C)(C)C)c2)cc1C(C)(C)C. The summed E-state index contributed by atoms with van der Waals surface area (Å²) in [6, 6.07) is 8.99. The molecule has 0 aliphatic rings. The van der Waals surface area contributed by atoms with E-state index in [1.807, 2.05) is 23.5 Å². The van der Waals surface area contributed by atoms with Gasteiger partial charge < -0.3 is 9.84 Å². The number of rotatable bonds is 5. The predicted octanol–water partition coefficient (Wildman–Crippen LogP) is 9.82. The Hall–Kier alpha value is -1.26. The Morgan fingerprint density at radius 3 is 1.14 bits per heavy atom. The smallest absolute Gasteiger partial charge is 0.126 e. The molecule has 0 spiro atoms. The third kappa shape index (κ3) is 7.38. The van der Waals surface area contributed by atoms with Gasteiger partial charge in [0.1, 0.15) is 11.5 Å². The van der Waals surface area contributed by atoms with Crippen molar-refractivity contribution in [2.24, 2.45) is 0 Å². The van der Waals surface area contributed by atoms with Crippen LogP contribution in [0.1, 0.15) is 112 Å². The molecule has 2 aromatic carbocycles. The Morgan fingerprint density at radius 1 is 0.600 bits per heavy atom. The minimum Gasteiger partial charge on any atom is -0.507 e. The number of phenolic OH excluding ortho intramolecular Hbond substituents is 1. The van der Waals surface area contributed by atoms with Crippen LogP contribution in [-0.4, -0.2) is 16.8 Å². The molecule has 0 bridgehead atoms. The maximum Gasteiger partial charge on any atom is 0.126 e. The van der Waals surface area contributed by atoms with E-state index in [-0.39, 0.29) is 21.7 Å². The van der Waals surface area contributed by atoms with Crippen molar-refractivity contribution in [1.82, 2.24) is 0 Å². The van der Waals surface area contributed by atoms with Crippen molar-refractivity contribution in [2.75, 3.05) is 7.11 Å². The maximum atomic E-state index is 11.1. The van der Waals surface area contributed by atoms with E-state index in [9.17, 15) is 5.11 Å². The van der Waals surface area contributed by atoms with Gasteiger partial charge >= 0.3 is 0 Å². The fourth-order valence-corrected chi connectivity index (χ4v) is 6.60. The highest BCUT2D eigenvalue weighted by Crippen LogP contribution is 2.47. The van der Waals surface area contributed by atoms with Crippen molar-refractivity contribution >= 4 is 23.5 Å². The number of phenols is 1. The third-order valence-corrected chi connectivity index (χ3v) is 8.44. The van der Waals surface area contributed by atoms with Gasteiger partial charge in [-0.1, -0.05) is 83.1 Å². The van der Waals surface area contributed by atoms with Crippen molar-refractivity contribution in [1.29, 1.82) is 0 Å². The number of thioether (sulfide) groups is 2. The second-order valence-electron chi connectivity index (χ2n) is 13.7. The number of methoxy groups -OCH3 is 1. The summed E-state index contributed by atoms with van der Waals surface area (Å²) in [4.78, 5) is 2.48. The van der Waals surface area contributed by atoms with Crippen LogP contribution < -0.4 is 4.74 Å². The summed E-state index contributed by atoms with van der Waals surface area (Å²) in [5.41, 5.74) is 4.24. The van der Waals surface area contributed by atoms with E-state index in [1.54, 1.807) is 7.11 Å². The topological polar surface area (TPSA) is 29.5 Å². The Morgan fingerprint density at radius 2 is 0.886 bits per heavy atom. The minimum atomic E-state index is -0.129. The summed E-state index contributed by atoms with van der Waals surface area (Å²) >= 11 is 3.76. The molecular weight excluding hydrogens is 468 g/mol. The van der Waals surface area contributed by atoms with Gasteiger partial charge in [0, 0.05) is 32.0 Å². The lowest BCUT2D eigenvalue weighted by molar-refractivity contribution is 0.380. The lowest BCUT2D eigenvalue weighted by Gasteiger charge is -2.30. The second-order valence-corrected chi connectivity index (χ2v) is 16.8. The summed E-state index contributed by atoms with van der Waals surface area (Å²) in [6.07, 6.45) is 0. The van der Waals surface area contributed by atoms with Gasteiger partial charge in [0.15, 0.2) is 0 Å². The van der Waals surface area contributed by atoms with Crippen molar-refractivity contribution in [3.8, 4) is 11.5 Å². The molecule has 1 unspecified atom stereocenters. The average Bonchev–Trinajstić information content (AvgIpc) is 2.65. The summed E-state index contributed by atoms with van der Waals surface area (Å²) < 4.78 is 6.25. The first-order valence-electron chi connectivity index (χ1n) is 12.6.